The SMILES string of the molecule is CCCCN(C(=O)C(N)CC(=O)O)C1CCS(=O)(=O)C1. The summed E-state index contributed by atoms with van der Waals surface area (Å²) in [6.45, 7) is 2.38. The van der Waals surface area contributed by atoms with Crippen LogP contribution in [0.1, 0.15) is 32.6 Å². The summed E-state index contributed by atoms with van der Waals surface area (Å²) in [5, 5.41) is 8.69. The van der Waals surface area contributed by atoms with Gasteiger partial charge in [0.1, 0.15) is 0 Å². The quantitative estimate of drug-likeness (QED) is 0.661. The smallest absolute Gasteiger partial charge is 0.305 e. The van der Waals surface area contributed by atoms with Gasteiger partial charge >= 0.3 is 5.97 Å². The van der Waals surface area contributed by atoms with Crippen molar-refractivity contribution in [3.05, 3.63) is 0 Å². The van der Waals surface area contributed by atoms with Crippen LogP contribution in [0.3, 0.4) is 0 Å². The minimum atomic E-state index is -3.10. The Bertz CT molecular complexity index is 462. The molecule has 1 fully saturated rings. The summed E-state index contributed by atoms with van der Waals surface area (Å²) < 4.78 is 23.1. The third-order valence-corrected chi connectivity index (χ3v) is 5.15. The minimum Gasteiger partial charge on any atom is -0.481 e. The van der Waals surface area contributed by atoms with Crippen molar-refractivity contribution in [2.75, 3.05) is 18.1 Å². The summed E-state index contributed by atoms with van der Waals surface area (Å²) >= 11 is 0. The number of rotatable bonds is 7. The van der Waals surface area contributed by atoms with Gasteiger partial charge in [0.15, 0.2) is 9.84 Å². The van der Waals surface area contributed by atoms with Crippen LogP contribution in [-0.2, 0) is 19.4 Å². The number of carboxylic acid groups (broad SMARTS) is 1. The standard InChI is InChI=1S/C12H22N2O5S/c1-2-3-5-14(9-4-6-20(18,19)8-9)12(17)10(13)7-11(15)16/h9-10H,2-8,13H2,1H3,(H,15,16). The van der Waals surface area contributed by atoms with Crippen LogP contribution in [0.4, 0.5) is 0 Å². The van der Waals surface area contributed by atoms with Gasteiger partial charge in [-0.1, -0.05) is 13.3 Å². The number of nitrogens with zero attached hydrogens (tertiary/aromatic N) is 1. The Balaban J connectivity index is 2.78. The summed E-state index contributed by atoms with van der Waals surface area (Å²) in [7, 11) is -3.10. The van der Waals surface area contributed by atoms with E-state index in [0.29, 0.717) is 13.0 Å². The van der Waals surface area contributed by atoms with Crippen LogP contribution >= 0.6 is 0 Å². The predicted molar refractivity (Wildman–Crippen MR) is 73.9 cm³/mol. The van der Waals surface area contributed by atoms with Crippen molar-refractivity contribution in [3.8, 4) is 0 Å². The van der Waals surface area contributed by atoms with Gasteiger partial charge in [0, 0.05) is 12.6 Å². The second-order valence-corrected chi connectivity index (χ2v) is 7.38. The first-order valence-electron chi connectivity index (χ1n) is 6.75. The van der Waals surface area contributed by atoms with Crippen LogP contribution < -0.4 is 5.73 Å². The van der Waals surface area contributed by atoms with Crippen LogP contribution in [0, 0.1) is 0 Å². The average molecular weight is 306 g/mol. The van der Waals surface area contributed by atoms with Crippen molar-refractivity contribution >= 4 is 21.7 Å². The van der Waals surface area contributed by atoms with E-state index in [1.165, 1.54) is 4.90 Å². The number of hydrogen-bond acceptors (Lipinski definition) is 5. The largest absolute Gasteiger partial charge is 0.481 e. The van der Waals surface area contributed by atoms with Crippen LogP contribution in [0.15, 0.2) is 0 Å². The van der Waals surface area contributed by atoms with E-state index < -0.39 is 34.2 Å². The molecule has 0 aliphatic carbocycles. The molecule has 3 N–H and O–H groups in total. The highest BCUT2D eigenvalue weighted by atomic mass is 32.2. The van der Waals surface area contributed by atoms with E-state index in [4.69, 9.17) is 10.8 Å². The molecule has 2 unspecified atom stereocenters. The molecular formula is C12H22N2O5S. The lowest BCUT2D eigenvalue weighted by Gasteiger charge is -2.30. The molecule has 0 aromatic heterocycles. The van der Waals surface area contributed by atoms with Crippen LogP contribution in [0.25, 0.3) is 0 Å². The maximum Gasteiger partial charge on any atom is 0.305 e. The predicted octanol–water partition coefficient (Wildman–Crippen LogP) is -0.396. The zero-order valence-corrected chi connectivity index (χ0v) is 12.4. The van der Waals surface area contributed by atoms with E-state index in [1.54, 1.807) is 0 Å². The van der Waals surface area contributed by atoms with Crippen molar-refractivity contribution in [1.82, 2.24) is 4.90 Å². The molecule has 1 aliphatic heterocycles. The molecule has 1 rings (SSSR count). The average Bonchev–Trinajstić information content (AvgIpc) is 2.69. The lowest BCUT2D eigenvalue weighted by Crippen LogP contribution is -2.50. The highest BCUT2D eigenvalue weighted by Crippen LogP contribution is 2.19. The number of aliphatic carboxylic acids is 1. The van der Waals surface area contributed by atoms with Crippen molar-refractivity contribution in [3.63, 3.8) is 0 Å². The molecule has 2 atom stereocenters. The van der Waals surface area contributed by atoms with E-state index in [1.807, 2.05) is 6.92 Å². The molecule has 20 heavy (non-hydrogen) atoms. The van der Waals surface area contributed by atoms with Gasteiger partial charge in [0.2, 0.25) is 5.91 Å². The third kappa shape index (κ3) is 4.75. The summed E-state index contributed by atoms with van der Waals surface area (Å²) in [6, 6.07) is -1.49. The fraction of sp³-hybridized carbons (Fsp3) is 0.833. The Morgan fingerprint density at radius 3 is 2.55 bits per heavy atom. The number of hydrogen-bond donors (Lipinski definition) is 2. The van der Waals surface area contributed by atoms with E-state index >= 15 is 0 Å². The Labute approximate surface area is 119 Å². The molecule has 1 heterocycles. The fourth-order valence-corrected chi connectivity index (χ4v) is 4.04. The molecule has 0 radical (unpaired) electrons. The zero-order valence-electron chi connectivity index (χ0n) is 11.6. The molecule has 1 aliphatic rings. The van der Waals surface area contributed by atoms with Crippen LogP contribution in [0.5, 0.6) is 0 Å². The molecule has 116 valence electrons. The number of carbonyl (C=O) groups is 2. The number of unbranched alkanes of at least 4 members (excludes halogenated alkanes) is 1. The van der Waals surface area contributed by atoms with Crippen molar-refractivity contribution in [1.29, 1.82) is 0 Å². The molecule has 7 nitrogen and oxygen atoms in total. The van der Waals surface area contributed by atoms with Crippen molar-refractivity contribution in [2.24, 2.45) is 5.73 Å². The number of carboxylic acids is 1. The lowest BCUT2D eigenvalue weighted by molar-refractivity contribution is -0.142. The van der Waals surface area contributed by atoms with E-state index in [-0.39, 0.29) is 17.5 Å². The number of nitrogens with two attached hydrogens (primary N) is 1. The lowest BCUT2D eigenvalue weighted by atomic mass is 10.1. The second-order valence-electron chi connectivity index (χ2n) is 5.15. The van der Waals surface area contributed by atoms with Gasteiger partial charge < -0.3 is 15.7 Å². The number of amides is 1. The van der Waals surface area contributed by atoms with E-state index in [0.717, 1.165) is 12.8 Å². The van der Waals surface area contributed by atoms with Crippen LogP contribution in [0.2, 0.25) is 0 Å². The Kier molecular flexibility index (Phi) is 5.94. The Morgan fingerprint density at radius 2 is 2.10 bits per heavy atom. The van der Waals surface area contributed by atoms with Gasteiger partial charge in [-0.2, -0.15) is 0 Å². The third-order valence-electron chi connectivity index (χ3n) is 3.40. The first kappa shape index (κ1) is 16.9. The van der Waals surface area contributed by atoms with E-state index in [9.17, 15) is 18.0 Å². The van der Waals surface area contributed by atoms with Gasteiger partial charge in [0.25, 0.3) is 0 Å². The summed E-state index contributed by atoms with van der Waals surface area (Å²) in [6.07, 6.45) is 1.55. The minimum absolute atomic E-state index is 0.0533. The first-order valence-corrected chi connectivity index (χ1v) is 8.57. The zero-order chi connectivity index (χ0) is 15.3. The van der Waals surface area contributed by atoms with Gasteiger partial charge in [-0.3, -0.25) is 9.59 Å². The summed E-state index contributed by atoms with van der Waals surface area (Å²) in [5.41, 5.74) is 5.60. The second kappa shape index (κ2) is 7.03. The molecule has 0 aromatic carbocycles. The molecule has 0 bridgehead atoms. The highest BCUT2D eigenvalue weighted by Gasteiger charge is 2.36. The molecule has 8 heteroatoms. The summed E-state index contributed by atoms with van der Waals surface area (Å²) in [4.78, 5) is 24.3. The first-order chi connectivity index (χ1) is 9.26. The molecule has 0 aromatic rings. The van der Waals surface area contributed by atoms with Gasteiger partial charge in [-0.15, -0.1) is 0 Å². The maximum absolute atomic E-state index is 12.2. The van der Waals surface area contributed by atoms with Crippen LogP contribution in [-0.4, -0.2) is 60.4 Å². The number of carbonyl (C=O) groups excluding carboxylic acids is 1. The normalized spacial score (nSPS) is 22.4. The van der Waals surface area contributed by atoms with Crippen molar-refractivity contribution in [2.45, 2.75) is 44.7 Å². The van der Waals surface area contributed by atoms with Gasteiger partial charge in [0.05, 0.1) is 24.0 Å². The van der Waals surface area contributed by atoms with Crippen molar-refractivity contribution < 1.29 is 23.1 Å². The molecular weight excluding hydrogens is 284 g/mol. The molecule has 1 saturated heterocycles. The highest BCUT2D eigenvalue weighted by molar-refractivity contribution is 7.91. The maximum atomic E-state index is 12.2. The monoisotopic (exact) mass is 306 g/mol. The van der Waals surface area contributed by atoms with Gasteiger partial charge in [-0.05, 0) is 12.8 Å². The topological polar surface area (TPSA) is 118 Å². The molecule has 1 amide bonds. The molecule has 0 saturated carbocycles. The Morgan fingerprint density at radius 1 is 1.45 bits per heavy atom. The Hall–Kier alpha value is -1.15. The summed E-state index contributed by atoms with van der Waals surface area (Å²) in [5.74, 6) is -1.59. The number of sulfone groups is 1. The van der Waals surface area contributed by atoms with Gasteiger partial charge in [-0.25, -0.2) is 8.42 Å². The fourth-order valence-electron chi connectivity index (χ4n) is 2.31. The van der Waals surface area contributed by atoms with E-state index in [2.05, 4.69) is 0 Å². The molecule has 0 spiro atoms.